The lowest BCUT2D eigenvalue weighted by Gasteiger charge is -2.31. The zero-order chi connectivity index (χ0) is 19.6. The number of ether oxygens (including phenoxy) is 1. The molecule has 0 aromatic heterocycles. The van der Waals surface area contributed by atoms with Gasteiger partial charge in [0.2, 0.25) is 5.91 Å². The van der Waals surface area contributed by atoms with Crippen LogP contribution >= 0.6 is 0 Å². The lowest BCUT2D eigenvalue weighted by atomic mass is 9.83. The number of benzene rings is 2. The van der Waals surface area contributed by atoms with Crippen molar-refractivity contribution in [3.63, 3.8) is 0 Å². The fourth-order valence-corrected chi connectivity index (χ4v) is 3.13. The van der Waals surface area contributed by atoms with Crippen LogP contribution < -0.4 is 10.2 Å². The number of carbonyl (C=O) groups excluding carboxylic acids is 2. The monoisotopic (exact) mass is 372 g/mol. The highest BCUT2D eigenvalue weighted by molar-refractivity contribution is 5.94. The fraction of sp³-hybridized carbons (Fsp3) is 0.300. The molecular weight excluding hydrogens is 351 g/mol. The van der Waals surface area contributed by atoms with Crippen molar-refractivity contribution < 1.29 is 23.9 Å². The molecule has 7 heteroatoms. The number of hydrogen-bond acceptors (Lipinski definition) is 4. The second-order valence-electron chi connectivity index (χ2n) is 6.97. The van der Waals surface area contributed by atoms with Crippen molar-refractivity contribution >= 4 is 11.8 Å². The van der Waals surface area contributed by atoms with Gasteiger partial charge >= 0.3 is 0 Å². The van der Waals surface area contributed by atoms with E-state index in [1.54, 1.807) is 40.7 Å². The summed E-state index contributed by atoms with van der Waals surface area (Å²) in [5.41, 5.74) is 2.53. The van der Waals surface area contributed by atoms with Crippen molar-refractivity contribution in [2.45, 2.75) is 25.8 Å². The zero-order valence-electron chi connectivity index (χ0n) is 15.2. The van der Waals surface area contributed by atoms with E-state index in [1.165, 1.54) is 12.1 Å². The van der Waals surface area contributed by atoms with Crippen molar-refractivity contribution in [1.82, 2.24) is 10.4 Å². The molecule has 0 saturated heterocycles. The van der Waals surface area contributed by atoms with Gasteiger partial charge in [-0.1, -0.05) is 18.2 Å². The molecule has 2 N–H and O–H groups in total. The molecule has 2 aromatic rings. The molecule has 27 heavy (non-hydrogen) atoms. The Labute approximate surface area is 156 Å². The molecule has 0 bridgehead atoms. The van der Waals surface area contributed by atoms with Crippen LogP contribution in [0.2, 0.25) is 0 Å². The zero-order valence-corrected chi connectivity index (χ0v) is 15.2. The average Bonchev–Trinajstić information content (AvgIpc) is 2.88. The van der Waals surface area contributed by atoms with Crippen molar-refractivity contribution in [3.8, 4) is 5.75 Å². The Balaban J connectivity index is 1.84. The van der Waals surface area contributed by atoms with E-state index in [0.29, 0.717) is 18.8 Å². The summed E-state index contributed by atoms with van der Waals surface area (Å²) < 4.78 is 18.9. The van der Waals surface area contributed by atoms with Crippen LogP contribution in [0.1, 0.15) is 35.3 Å². The second-order valence-corrected chi connectivity index (χ2v) is 6.97. The SMILES string of the molecule is CC(C)(C(=O)N1CCOc2cc(C(=O)NO)ccc2C1)c1ccc(F)cc1. The van der Waals surface area contributed by atoms with Crippen molar-refractivity contribution in [3.05, 3.63) is 65.0 Å². The molecule has 0 fully saturated rings. The molecule has 3 rings (SSSR count). The molecule has 0 unspecified atom stereocenters. The molecule has 2 aromatic carbocycles. The predicted octanol–water partition coefficient (Wildman–Crippen LogP) is 2.64. The van der Waals surface area contributed by atoms with Gasteiger partial charge in [0.05, 0.1) is 12.0 Å². The normalized spacial score (nSPS) is 14.0. The molecule has 1 aliphatic heterocycles. The van der Waals surface area contributed by atoms with E-state index >= 15 is 0 Å². The minimum Gasteiger partial charge on any atom is -0.491 e. The second kappa shape index (κ2) is 7.36. The summed E-state index contributed by atoms with van der Waals surface area (Å²) in [7, 11) is 0. The lowest BCUT2D eigenvalue weighted by molar-refractivity contribution is -0.137. The van der Waals surface area contributed by atoms with Crippen LogP contribution in [0.15, 0.2) is 42.5 Å². The average molecular weight is 372 g/mol. The molecule has 6 nitrogen and oxygen atoms in total. The first-order chi connectivity index (χ1) is 12.8. The molecular formula is C20H21FN2O4. The first-order valence-electron chi connectivity index (χ1n) is 8.58. The molecule has 0 aliphatic carbocycles. The van der Waals surface area contributed by atoms with Crippen LogP contribution in [0.25, 0.3) is 0 Å². The van der Waals surface area contributed by atoms with Gasteiger partial charge in [0, 0.05) is 17.7 Å². The fourth-order valence-electron chi connectivity index (χ4n) is 3.13. The van der Waals surface area contributed by atoms with Gasteiger partial charge in [0.25, 0.3) is 5.91 Å². The number of hydrogen-bond donors (Lipinski definition) is 2. The van der Waals surface area contributed by atoms with E-state index in [-0.39, 0.29) is 23.9 Å². The standard InChI is InChI=1S/C20H21FN2O4/c1-20(2,15-5-7-16(21)8-6-15)19(25)23-9-10-27-17-11-13(18(24)22-26)3-4-14(17)12-23/h3-8,11,26H,9-10,12H2,1-2H3,(H,22,24). The Morgan fingerprint density at radius 3 is 2.56 bits per heavy atom. The molecule has 0 spiro atoms. The van der Waals surface area contributed by atoms with Gasteiger partial charge in [-0.3, -0.25) is 14.8 Å². The van der Waals surface area contributed by atoms with Crippen molar-refractivity contribution in [1.29, 1.82) is 0 Å². The summed E-state index contributed by atoms with van der Waals surface area (Å²) in [6.07, 6.45) is 0. The van der Waals surface area contributed by atoms with Gasteiger partial charge in [0.15, 0.2) is 0 Å². The summed E-state index contributed by atoms with van der Waals surface area (Å²) >= 11 is 0. The number of nitrogens with one attached hydrogen (secondary N) is 1. The van der Waals surface area contributed by atoms with Crippen LogP contribution in [-0.2, 0) is 16.8 Å². The topological polar surface area (TPSA) is 78.9 Å². The molecule has 0 radical (unpaired) electrons. The highest BCUT2D eigenvalue weighted by atomic mass is 19.1. The minimum absolute atomic E-state index is 0.0947. The number of nitrogens with zero attached hydrogens (tertiary/aromatic N) is 1. The summed E-state index contributed by atoms with van der Waals surface area (Å²) in [4.78, 5) is 26.4. The Hall–Kier alpha value is -2.93. The van der Waals surface area contributed by atoms with Crippen LogP contribution in [0.3, 0.4) is 0 Å². The van der Waals surface area contributed by atoms with E-state index < -0.39 is 11.3 Å². The Bertz CT molecular complexity index is 865. The molecule has 0 saturated carbocycles. The van der Waals surface area contributed by atoms with Gasteiger partial charge in [-0.15, -0.1) is 0 Å². The van der Waals surface area contributed by atoms with Crippen LogP contribution in [0, 0.1) is 5.82 Å². The maximum absolute atomic E-state index is 13.2. The third-order valence-electron chi connectivity index (χ3n) is 4.80. The quantitative estimate of drug-likeness (QED) is 0.641. The third kappa shape index (κ3) is 3.78. The van der Waals surface area contributed by atoms with E-state index in [4.69, 9.17) is 9.94 Å². The Morgan fingerprint density at radius 2 is 1.89 bits per heavy atom. The predicted molar refractivity (Wildman–Crippen MR) is 96.0 cm³/mol. The summed E-state index contributed by atoms with van der Waals surface area (Å²) in [6, 6.07) is 10.7. The Kier molecular flexibility index (Phi) is 5.14. The smallest absolute Gasteiger partial charge is 0.274 e. The summed E-state index contributed by atoms with van der Waals surface area (Å²) in [5, 5.41) is 8.76. The first kappa shape index (κ1) is 18.8. The molecule has 2 amide bonds. The molecule has 0 atom stereocenters. The van der Waals surface area contributed by atoms with Gasteiger partial charge in [-0.25, -0.2) is 9.87 Å². The number of halogens is 1. The minimum atomic E-state index is -0.824. The summed E-state index contributed by atoms with van der Waals surface area (Å²) in [5.74, 6) is -0.563. The van der Waals surface area contributed by atoms with Gasteiger partial charge in [0.1, 0.15) is 18.2 Å². The highest BCUT2D eigenvalue weighted by Crippen LogP contribution is 2.30. The molecule has 1 heterocycles. The van der Waals surface area contributed by atoms with Gasteiger partial charge in [-0.2, -0.15) is 0 Å². The Morgan fingerprint density at radius 1 is 1.19 bits per heavy atom. The number of hydroxylamine groups is 1. The van der Waals surface area contributed by atoms with Crippen LogP contribution in [0.5, 0.6) is 5.75 Å². The maximum atomic E-state index is 13.2. The van der Waals surface area contributed by atoms with Crippen LogP contribution in [0.4, 0.5) is 4.39 Å². The lowest BCUT2D eigenvalue weighted by Crippen LogP contribution is -2.44. The molecule has 1 aliphatic rings. The van der Waals surface area contributed by atoms with E-state index in [2.05, 4.69) is 0 Å². The maximum Gasteiger partial charge on any atom is 0.274 e. The number of carbonyl (C=O) groups is 2. The first-order valence-corrected chi connectivity index (χ1v) is 8.58. The number of rotatable bonds is 3. The van der Waals surface area contributed by atoms with Crippen molar-refractivity contribution in [2.24, 2.45) is 0 Å². The third-order valence-corrected chi connectivity index (χ3v) is 4.80. The molecule has 142 valence electrons. The number of fused-ring (bicyclic) bond motifs is 1. The van der Waals surface area contributed by atoms with E-state index in [1.807, 2.05) is 13.8 Å². The number of amides is 2. The van der Waals surface area contributed by atoms with E-state index in [9.17, 15) is 14.0 Å². The summed E-state index contributed by atoms with van der Waals surface area (Å²) in [6.45, 7) is 4.62. The van der Waals surface area contributed by atoms with Crippen molar-refractivity contribution in [2.75, 3.05) is 13.2 Å². The highest BCUT2D eigenvalue weighted by Gasteiger charge is 2.35. The largest absolute Gasteiger partial charge is 0.491 e. The van der Waals surface area contributed by atoms with Gasteiger partial charge in [-0.05, 0) is 43.7 Å². The van der Waals surface area contributed by atoms with E-state index in [0.717, 1.165) is 11.1 Å². The van der Waals surface area contributed by atoms with Crippen LogP contribution in [-0.4, -0.2) is 35.1 Å². The van der Waals surface area contributed by atoms with Gasteiger partial charge < -0.3 is 9.64 Å².